The molecule has 14 nitrogen and oxygen atoms in total. The first-order valence-electron chi connectivity index (χ1n) is 21.9. The molecule has 2 heterocycles. The van der Waals surface area contributed by atoms with Gasteiger partial charge in [0.05, 0.1) is 17.6 Å². The zero-order valence-corrected chi connectivity index (χ0v) is 38.4. The standard InChI is InChI=1S/C45H72N6O8S/c1-11-13-14-15-23-51(42(54)38(30(7)12-2)50-39(52)34-17-16-22-47-34)36(28(3)4)25-37(59-44(57)46-10)41-49-35(27-60-41)40(53)48-32(26-45(8,9)43(55)56)24-31-18-20-33(21-19-31)58-29(5)6/h18-21,27-30,32,34,36-38,47H,11-17,22-26H2,1-10H3,(H,46,57)(H,48,53)(H,50,52)(H,55,56)/t30-,32-,34+,36+,37+,38-/m0/s1. The number of ether oxygens (including phenoxy) is 2. The summed E-state index contributed by atoms with van der Waals surface area (Å²) in [6.45, 7) is 18.6. The van der Waals surface area contributed by atoms with Crippen LogP contribution >= 0.6 is 11.3 Å². The lowest BCUT2D eigenvalue weighted by Crippen LogP contribution is -2.57. The van der Waals surface area contributed by atoms with Crippen LogP contribution in [0.15, 0.2) is 29.6 Å². The molecule has 6 atom stereocenters. The van der Waals surface area contributed by atoms with E-state index in [0.29, 0.717) is 30.1 Å². The lowest BCUT2D eigenvalue weighted by molar-refractivity contribution is -0.147. The van der Waals surface area contributed by atoms with Gasteiger partial charge in [0.25, 0.3) is 5.91 Å². The molecule has 15 heteroatoms. The van der Waals surface area contributed by atoms with E-state index in [1.807, 2.05) is 70.7 Å². The molecule has 5 N–H and O–H groups in total. The maximum absolute atomic E-state index is 14.8. The largest absolute Gasteiger partial charge is 0.491 e. The van der Waals surface area contributed by atoms with Gasteiger partial charge >= 0.3 is 12.1 Å². The van der Waals surface area contributed by atoms with Crippen LogP contribution in [-0.4, -0.2) is 95.2 Å². The molecule has 1 saturated heterocycles. The molecule has 1 fully saturated rings. The van der Waals surface area contributed by atoms with Crippen LogP contribution in [0.5, 0.6) is 5.75 Å². The Morgan fingerprint density at radius 2 is 1.72 bits per heavy atom. The van der Waals surface area contributed by atoms with Crippen molar-refractivity contribution >= 4 is 41.1 Å². The van der Waals surface area contributed by atoms with Gasteiger partial charge in [-0.25, -0.2) is 9.78 Å². The molecular weight excluding hydrogens is 785 g/mol. The molecule has 1 aliphatic rings. The summed E-state index contributed by atoms with van der Waals surface area (Å²) in [4.78, 5) is 73.7. The SMILES string of the molecule is CCCCCCN(C(=O)[C@@H](NC(=O)[C@H]1CCCN1)[C@@H](C)CC)[C@H](C[C@@H](OC(=O)NC)c1nc(C(=O)N[C@@H](Cc2ccc(OC(C)C)cc2)CC(C)(C)C(=O)O)cs1)C(C)C. The average molecular weight is 857 g/mol. The third-order valence-electron chi connectivity index (χ3n) is 11.2. The Morgan fingerprint density at radius 1 is 1.02 bits per heavy atom. The van der Waals surface area contributed by atoms with Gasteiger partial charge < -0.3 is 40.7 Å². The molecule has 0 radical (unpaired) electrons. The minimum absolute atomic E-state index is 0.0111. The first-order chi connectivity index (χ1) is 28.4. The number of aromatic nitrogens is 1. The number of hydrogen-bond acceptors (Lipinski definition) is 10. The molecular formula is C45H72N6O8S. The first-order valence-corrected chi connectivity index (χ1v) is 22.8. The van der Waals surface area contributed by atoms with E-state index in [1.165, 1.54) is 18.4 Å². The molecule has 0 unspecified atom stereocenters. The first kappa shape index (κ1) is 50.1. The molecule has 1 aromatic heterocycles. The molecule has 2 aromatic rings. The van der Waals surface area contributed by atoms with Crippen LogP contribution in [0.2, 0.25) is 0 Å². The van der Waals surface area contributed by atoms with Crippen molar-refractivity contribution in [2.75, 3.05) is 20.1 Å². The lowest BCUT2D eigenvalue weighted by atomic mass is 9.84. The number of nitrogens with one attached hydrogen (secondary N) is 4. The number of carboxylic acid groups (broad SMARTS) is 1. The van der Waals surface area contributed by atoms with Crippen LogP contribution in [0.3, 0.4) is 0 Å². The van der Waals surface area contributed by atoms with Gasteiger partial charge in [0.1, 0.15) is 22.5 Å². The molecule has 1 aromatic carbocycles. The van der Waals surface area contributed by atoms with Gasteiger partial charge in [-0.05, 0) is 95.9 Å². The number of carbonyl (C=O) groups excluding carboxylic acids is 4. The van der Waals surface area contributed by atoms with Gasteiger partial charge in [-0.2, -0.15) is 0 Å². The minimum Gasteiger partial charge on any atom is -0.491 e. The number of amides is 4. The number of rotatable bonds is 25. The van der Waals surface area contributed by atoms with Gasteiger partial charge in [0.15, 0.2) is 6.10 Å². The van der Waals surface area contributed by atoms with E-state index in [4.69, 9.17) is 14.5 Å². The Labute approximate surface area is 361 Å². The second-order valence-electron chi connectivity index (χ2n) is 17.5. The van der Waals surface area contributed by atoms with Crippen LogP contribution in [0, 0.1) is 17.3 Å². The molecule has 60 heavy (non-hydrogen) atoms. The van der Waals surface area contributed by atoms with Gasteiger partial charge in [-0.1, -0.05) is 72.4 Å². The van der Waals surface area contributed by atoms with Gasteiger partial charge in [-0.15, -0.1) is 11.3 Å². The van der Waals surface area contributed by atoms with Crippen molar-refractivity contribution in [3.05, 3.63) is 45.9 Å². The summed E-state index contributed by atoms with van der Waals surface area (Å²) >= 11 is 1.18. The number of thiazole rings is 1. The predicted molar refractivity (Wildman–Crippen MR) is 235 cm³/mol. The van der Waals surface area contributed by atoms with E-state index in [0.717, 1.165) is 50.6 Å². The maximum atomic E-state index is 14.8. The predicted octanol–water partition coefficient (Wildman–Crippen LogP) is 7.28. The molecule has 0 spiro atoms. The summed E-state index contributed by atoms with van der Waals surface area (Å²) in [7, 11) is 1.46. The molecule has 336 valence electrons. The van der Waals surface area contributed by atoms with Crippen LogP contribution in [-0.2, 0) is 25.5 Å². The van der Waals surface area contributed by atoms with Crippen molar-refractivity contribution in [3.8, 4) is 5.75 Å². The monoisotopic (exact) mass is 857 g/mol. The van der Waals surface area contributed by atoms with Crippen molar-refractivity contribution in [3.63, 3.8) is 0 Å². The fraction of sp³-hybridized carbons (Fsp3) is 0.689. The number of alkyl carbamates (subject to hydrolysis) is 1. The highest BCUT2D eigenvalue weighted by atomic mass is 32.1. The van der Waals surface area contributed by atoms with E-state index in [2.05, 4.69) is 28.2 Å². The van der Waals surface area contributed by atoms with E-state index < -0.39 is 47.6 Å². The van der Waals surface area contributed by atoms with E-state index in [-0.39, 0.29) is 54.3 Å². The highest BCUT2D eigenvalue weighted by molar-refractivity contribution is 7.09. The smallest absolute Gasteiger partial charge is 0.407 e. The zero-order valence-electron chi connectivity index (χ0n) is 37.6. The quantitative estimate of drug-likeness (QED) is 0.0636. The van der Waals surface area contributed by atoms with Crippen LogP contribution < -0.4 is 26.0 Å². The minimum atomic E-state index is -1.13. The van der Waals surface area contributed by atoms with Crippen LogP contribution in [0.4, 0.5) is 4.79 Å². The summed E-state index contributed by atoms with van der Waals surface area (Å²) < 4.78 is 11.7. The molecule has 0 aliphatic carbocycles. The van der Waals surface area contributed by atoms with Crippen molar-refractivity contribution in [2.24, 2.45) is 17.3 Å². The highest BCUT2D eigenvalue weighted by Gasteiger charge is 2.39. The number of carboxylic acids is 1. The summed E-state index contributed by atoms with van der Waals surface area (Å²) in [5.41, 5.74) is -0.129. The van der Waals surface area contributed by atoms with Crippen molar-refractivity contribution in [1.82, 2.24) is 31.2 Å². The Morgan fingerprint density at radius 3 is 2.28 bits per heavy atom. The molecule has 0 bridgehead atoms. The summed E-state index contributed by atoms with van der Waals surface area (Å²) in [5, 5.41) is 23.9. The Hall–Kier alpha value is -4.24. The third kappa shape index (κ3) is 15.3. The second kappa shape index (κ2) is 24.3. The summed E-state index contributed by atoms with van der Waals surface area (Å²) in [6, 6.07) is 5.48. The second-order valence-corrected chi connectivity index (χ2v) is 18.3. The Kier molecular flexibility index (Phi) is 20.3. The van der Waals surface area contributed by atoms with Crippen LogP contribution in [0.25, 0.3) is 0 Å². The summed E-state index contributed by atoms with van der Waals surface area (Å²) in [5.74, 6) is -1.29. The Bertz CT molecular complexity index is 1680. The molecule has 1 aliphatic heterocycles. The molecule has 4 amide bonds. The number of unbranched alkanes of at least 4 members (excludes halogenated alkanes) is 3. The van der Waals surface area contributed by atoms with E-state index in [9.17, 15) is 29.1 Å². The maximum Gasteiger partial charge on any atom is 0.407 e. The number of carbonyl (C=O) groups is 5. The Balaban J connectivity index is 1.95. The van der Waals surface area contributed by atoms with Crippen molar-refractivity contribution < 1.29 is 38.6 Å². The zero-order chi connectivity index (χ0) is 44.6. The van der Waals surface area contributed by atoms with Gasteiger partial charge in [0.2, 0.25) is 11.8 Å². The topological polar surface area (TPSA) is 188 Å². The number of aliphatic carboxylic acids is 1. The molecule has 0 saturated carbocycles. The average Bonchev–Trinajstić information content (AvgIpc) is 3.93. The molecule has 3 rings (SSSR count). The van der Waals surface area contributed by atoms with Gasteiger partial charge in [0, 0.05) is 37.5 Å². The third-order valence-corrected chi connectivity index (χ3v) is 12.2. The fourth-order valence-corrected chi connectivity index (χ4v) is 8.32. The van der Waals surface area contributed by atoms with Gasteiger partial charge in [-0.3, -0.25) is 19.2 Å². The summed E-state index contributed by atoms with van der Waals surface area (Å²) in [6.07, 6.45) is 5.21. The van der Waals surface area contributed by atoms with Crippen LogP contribution in [0.1, 0.15) is 147 Å². The van der Waals surface area contributed by atoms with E-state index in [1.54, 1.807) is 19.2 Å². The highest BCUT2D eigenvalue weighted by Crippen LogP contribution is 2.32. The number of benzene rings is 1. The normalized spacial score (nSPS) is 16.7. The van der Waals surface area contributed by atoms with Crippen molar-refractivity contribution in [2.45, 2.75) is 163 Å². The lowest BCUT2D eigenvalue weighted by Gasteiger charge is -2.39. The number of nitrogens with zero attached hydrogens (tertiary/aromatic N) is 2. The van der Waals surface area contributed by atoms with Crippen molar-refractivity contribution in [1.29, 1.82) is 0 Å². The number of hydrogen-bond donors (Lipinski definition) is 5. The van der Waals surface area contributed by atoms with E-state index >= 15 is 0 Å². The fourth-order valence-electron chi connectivity index (χ4n) is 7.48.